The van der Waals surface area contributed by atoms with Gasteiger partial charge in [0.2, 0.25) is 11.8 Å². The number of rotatable bonds is 5. The first-order chi connectivity index (χ1) is 18.3. The quantitative estimate of drug-likeness (QED) is 0.509. The lowest BCUT2D eigenvalue weighted by Gasteiger charge is -2.41. The van der Waals surface area contributed by atoms with Gasteiger partial charge in [-0.1, -0.05) is 30.3 Å². The molecule has 2 atom stereocenters. The summed E-state index contributed by atoms with van der Waals surface area (Å²) in [6.07, 6.45) is -8.11. The van der Waals surface area contributed by atoms with Gasteiger partial charge in [-0.05, 0) is 61.7 Å². The van der Waals surface area contributed by atoms with Crippen molar-refractivity contribution in [1.29, 1.82) is 0 Å². The number of piperidine rings is 2. The standard InChI is InChI=1S/C28H31F6N3O2/c1-36(16-18-13-21(27(29,30)31)15-22(14-18)28(32,33)34)26(39)23-9-12-37(25(38)20-7-10-35-11-8-20)17-24(23)19-5-3-2-4-6-19/h2-6,13-15,20,23-24,35H,7-12,16-17H2,1H3/t23-,24-/m0/s1. The van der Waals surface area contributed by atoms with Gasteiger partial charge in [0, 0.05) is 44.4 Å². The summed E-state index contributed by atoms with van der Waals surface area (Å²) in [5.74, 6) is -1.35. The SMILES string of the molecule is CN(Cc1cc(C(F)(F)F)cc(C(F)(F)F)c1)C(=O)[C@H]1CCN(C(=O)C2CCNCC2)C[C@H]1c1ccccc1. The van der Waals surface area contributed by atoms with Gasteiger partial charge in [0.15, 0.2) is 0 Å². The van der Waals surface area contributed by atoms with Crippen LogP contribution in [0.5, 0.6) is 0 Å². The molecule has 2 aliphatic heterocycles. The second-order valence-electron chi connectivity index (χ2n) is 10.3. The van der Waals surface area contributed by atoms with Crippen LogP contribution in [0, 0.1) is 11.8 Å². The van der Waals surface area contributed by atoms with E-state index >= 15 is 0 Å². The Bertz CT molecular complexity index is 1130. The summed E-state index contributed by atoms with van der Waals surface area (Å²) in [7, 11) is 1.38. The Morgan fingerprint density at radius 2 is 1.51 bits per heavy atom. The predicted molar refractivity (Wildman–Crippen MR) is 132 cm³/mol. The summed E-state index contributed by atoms with van der Waals surface area (Å²) in [4.78, 5) is 29.8. The molecule has 39 heavy (non-hydrogen) atoms. The maximum absolute atomic E-state index is 13.6. The largest absolute Gasteiger partial charge is 0.416 e. The van der Waals surface area contributed by atoms with Gasteiger partial charge in [0.25, 0.3) is 0 Å². The Kier molecular flexibility index (Phi) is 8.58. The van der Waals surface area contributed by atoms with E-state index in [1.165, 1.54) is 11.9 Å². The molecule has 2 aromatic rings. The van der Waals surface area contributed by atoms with Crippen LogP contribution in [0.25, 0.3) is 0 Å². The van der Waals surface area contributed by atoms with Crippen LogP contribution in [0.3, 0.4) is 0 Å². The summed E-state index contributed by atoms with van der Waals surface area (Å²) in [6.45, 7) is 1.80. The molecule has 0 aromatic heterocycles. The molecule has 2 aliphatic rings. The van der Waals surface area contributed by atoms with Crippen molar-refractivity contribution in [2.45, 2.75) is 44.1 Å². The van der Waals surface area contributed by atoms with E-state index in [1.54, 1.807) is 4.90 Å². The van der Waals surface area contributed by atoms with Crippen molar-refractivity contribution in [3.63, 3.8) is 0 Å². The number of carbonyl (C=O) groups is 2. The third-order valence-electron chi connectivity index (χ3n) is 7.60. The van der Waals surface area contributed by atoms with Gasteiger partial charge in [0.1, 0.15) is 0 Å². The topological polar surface area (TPSA) is 52.7 Å². The number of amides is 2. The zero-order valence-corrected chi connectivity index (χ0v) is 21.5. The number of hydrogen-bond donors (Lipinski definition) is 1. The molecule has 0 bridgehead atoms. The van der Waals surface area contributed by atoms with Crippen LogP contribution in [0.2, 0.25) is 0 Å². The van der Waals surface area contributed by atoms with Gasteiger partial charge >= 0.3 is 12.4 Å². The highest BCUT2D eigenvalue weighted by molar-refractivity contribution is 5.82. The molecule has 0 aliphatic carbocycles. The molecule has 0 radical (unpaired) electrons. The minimum atomic E-state index is -4.97. The number of alkyl halides is 6. The predicted octanol–water partition coefficient (Wildman–Crippen LogP) is 5.31. The number of halogens is 6. The average molecular weight is 556 g/mol. The maximum Gasteiger partial charge on any atom is 0.416 e. The van der Waals surface area contributed by atoms with Crippen LogP contribution in [-0.2, 0) is 28.5 Å². The van der Waals surface area contributed by atoms with E-state index in [2.05, 4.69) is 5.32 Å². The first-order valence-electron chi connectivity index (χ1n) is 12.9. The zero-order chi connectivity index (χ0) is 28.4. The Labute approximate surface area is 223 Å². The Hall–Kier alpha value is -3.08. The number of hydrogen-bond acceptors (Lipinski definition) is 3. The zero-order valence-electron chi connectivity index (χ0n) is 21.5. The summed E-state index contributed by atoms with van der Waals surface area (Å²) in [5, 5.41) is 3.24. The molecule has 2 amide bonds. The van der Waals surface area contributed by atoms with E-state index < -0.39 is 35.9 Å². The highest BCUT2D eigenvalue weighted by Gasteiger charge is 2.40. The molecule has 212 valence electrons. The number of benzene rings is 2. The van der Waals surface area contributed by atoms with E-state index in [-0.39, 0.29) is 35.3 Å². The molecule has 2 fully saturated rings. The van der Waals surface area contributed by atoms with E-state index in [0.717, 1.165) is 31.5 Å². The lowest BCUT2D eigenvalue weighted by atomic mass is 9.79. The number of carbonyl (C=O) groups excluding carboxylic acids is 2. The maximum atomic E-state index is 13.6. The van der Waals surface area contributed by atoms with Gasteiger partial charge in [0.05, 0.1) is 11.1 Å². The first-order valence-corrected chi connectivity index (χ1v) is 12.9. The molecule has 2 saturated heterocycles. The van der Waals surface area contributed by atoms with Gasteiger partial charge in [-0.15, -0.1) is 0 Å². The molecule has 2 heterocycles. The fourth-order valence-electron chi connectivity index (χ4n) is 5.56. The Morgan fingerprint density at radius 1 is 0.923 bits per heavy atom. The van der Waals surface area contributed by atoms with Crippen molar-refractivity contribution in [2.24, 2.45) is 11.8 Å². The van der Waals surface area contributed by atoms with E-state index in [4.69, 9.17) is 0 Å². The number of nitrogens with one attached hydrogen (secondary N) is 1. The summed E-state index contributed by atoms with van der Waals surface area (Å²) < 4.78 is 79.9. The Morgan fingerprint density at radius 3 is 2.08 bits per heavy atom. The highest BCUT2D eigenvalue weighted by atomic mass is 19.4. The van der Waals surface area contributed by atoms with E-state index in [1.807, 2.05) is 30.3 Å². The summed E-state index contributed by atoms with van der Waals surface area (Å²) >= 11 is 0. The minimum Gasteiger partial charge on any atom is -0.342 e. The van der Waals surface area contributed by atoms with Gasteiger partial charge in [-0.2, -0.15) is 26.3 Å². The van der Waals surface area contributed by atoms with Crippen molar-refractivity contribution in [2.75, 3.05) is 33.2 Å². The fraction of sp³-hybridized carbons (Fsp3) is 0.500. The lowest BCUT2D eigenvalue weighted by Crippen LogP contribution is -2.50. The summed E-state index contributed by atoms with van der Waals surface area (Å²) in [6, 6.07) is 10.6. The molecule has 4 rings (SSSR count). The van der Waals surface area contributed by atoms with Crippen LogP contribution < -0.4 is 5.32 Å². The van der Waals surface area contributed by atoms with Gasteiger partial charge in [-0.25, -0.2) is 0 Å². The van der Waals surface area contributed by atoms with Crippen molar-refractivity contribution in [1.82, 2.24) is 15.1 Å². The van der Waals surface area contributed by atoms with Gasteiger partial charge in [-0.3, -0.25) is 9.59 Å². The Balaban J connectivity index is 1.55. The number of likely N-dealkylation sites (tertiary alicyclic amines) is 1. The van der Waals surface area contributed by atoms with Crippen LogP contribution in [0.4, 0.5) is 26.3 Å². The molecular weight excluding hydrogens is 524 g/mol. The van der Waals surface area contributed by atoms with Crippen molar-refractivity contribution < 1.29 is 35.9 Å². The molecule has 11 heteroatoms. The molecule has 0 saturated carbocycles. The van der Waals surface area contributed by atoms with E-state index in [9.17, 15) is 35.9 Å². The summed E-state index contributed by atoms with van der Waals surface area (Å²) in [5.41, 5.74) is -2.24. The normalized spacial score (nSPS) is 21.1. The molecule has 1 N–H and O–H groups in total. The number of nitrogens with zero attached hydrogens (tertiary/aromatic N) is 2. The van der Waals surface area contributed by atoms with Crippen LogP contribution in [0.1, 0.15) is 47.4 Å². The smallest absolute Gasteiger partial charge is 0.342 e. The molecule has 0 spiro atoms. The minimum absolute atomic E-state index is 0.0559. The van der Waals surface area contributed by atoms with Crippen molar-refractivity contribution in [3.8, 4) is 0 Å². The molecule has 5 nitrogen and oxygen atoms in total. The second kappa shape index (κ2) is 11.6. The van der Waals surface area contributed by atoms with Crippen LogP contribution in [-0.4, -0.2) is 54.8 Å². The third kappa shape index (κ3) is 6.93. The van der Waals surface area contributed by atoms with Crippen molar-refractivity contribution >= 4 is 11.8 Å². The third-order valence-corrected chi connectivity index (χ3v) is 7.60. The van der Waals surface area contributed by atoms with Gasteiger partial charge < -0.3 is 15.1 Å². The second-order valence-corrected chi connectivity index (χ2v) is 10.3. The van der Waals surface area contributed by atoms with Crippen molar-refractivity contribution in [3.05, 3.63) is 70.8 Å². The van der Waals surface area contributed by atoms with E-state index in [0.29, 0.717) is 31.6 Å². The average Bonchev–Trinajstić information content (AvgIpc) is 2.91. The fourth-order valence-corrected chi connectivity index (χ4v) is 5.56. The lowest BCUT2D eigenvalue weighted by molar-refractivity contribution is -0.144. The van der Waals surface area contributed by atoms with Crippen LogP contribution in [0.15, 0.2) is 48.5 Å². The first kappa shape index (κ1) is 28.9. The molecule has 2 aromatic carbocycles. The molecular formula is C28H31F6N3O2. The molecule has 0 unspecified atom stereocenters. The monoisotopic (exact) mass is 555 g/mol. The highest BCUT2D eigenvalue weighted by Crippen LogP contribution is 2.38. The van der Waals surface area contributed by atoms with Crippen LogP contribution >= 0.6 is 0 Å².